The molecule has 1 saturated heterocycles. The van der Waals surface area contributed by atoms with Gasteiger partial charge in [-0.05, 0) is 49.7 Å². The van der Waals surface area contributed by atoms with Crippen molar-refractivity contribution in [1.82, 2.24) is 0 Å². The van der Waals surface area contributed by atoms with Gasteiger partial charge in [-0.25, -0.2) is 4.39 Å². The van der Waals surface area contributed by atoms with Crippen molar-refractivity contribution < 1.29 is 23.4 Å². The molecule has 0 bridgehead atoms. The zero-order chi connectivity index (χ0) is 17.3. The average molecular weight is 348 g/mol. The minimum Gasteiger partial charge on any atom is -0.482 e. The molecule has 1 aliphatic carbocycles. The quantitative estimate of drug-likeness (QED) is 0.836. The first-order valence-electron chi connectivity index (χ1n) is 9.36. The fraction of sp³-hybridized carbons (Fsp3) is 0.650. The summed E-state index contributed by atoms with van der Waals surface area (Å²) in [5.41, 5.74) is 0.811. The smallest absolute Gasteiger partial charge is 0.173 e. The number of halogens is 1. The summed E-state index contributed by atoms with van der Waals surface area (Å²) in [4.78, 5) is 12.4. The Bertz CT molecular complexity index is 629. The minimum absolute atomic E-state index is 0.0198. The van der Waals surface area contributed by atoms with Gasteiger partial charge in [0, 0.05) is 18.8 Å². The SMILES string of the molecule is O=C1COc2c(F)cccc2CC1CCC1CCC2(CC1)OCCO2. The second-order valence-corrected chi connectivity index (χ2v) is 7.51. The molecule has 2 fully saturated rings. The molecule has 136 valence electrons. The molecule has 1 atom stereocenters. The van der Waals surface area contributed by atoms with Crippen LogP contribution in [0.1, 0.15) is 44.1 Å². The average Bonchev–Trinajstić information content (AvgIpc) is 3.00. The van der Waals surface area contributed by atoms with Gasteiger partial charge < -0.3 is 14.2 Å². The summed E-state index contributed by atoms with van der Waals surface area (Å²) < 4.78 is 30.8. The van der Waals surface area contributed by atoms with E-state index in [-0.39, 0.29) is 35.7 Å². The number of hydrogen-bond donors (Lipinski definition) is 0. The van der Waals surface area contributed by atoms with Gasteiger partial charge >= 0.3 is 0 Å². The first-order valence-corrected chi connectivity index (χ1v) is 9.36. The van der Waals surface area contributed by atoms with Gasteiger partial charge in [0.2, 0.25) is 0 Å². The van der Waals surface area contributed by atoms with Gasteiger partial charge in [-0.2, -0.15) is 0 Å². The minimum atomic E-state index is -0.375. The molecule has 4 rings (SSSR count). The second kappa shape index (κ2) is 7.04. The Hall–Kier alpha value is -1.46. The van der Waals surface area contributed by atoms with Crippen molar-refractivity contribution in [3.8, 4) is 5.75 Å². The summed E-state index contributed by atoms with van der Waals surface area (Å²) in [6.45, 7) is 1.39. The molecule has 1 saturated carbocycles. The molecular formula is C20H25FO4. The normalized spacial score (nSPS) is 26.3. The molecule has 2 aliphatic heterocycles. The number of ketones is 1. The predicted octanol–water partition coefficient (Wildman–Crippen LogP) is 3.66. The third-order valence-electron chi connectivity index (χ3n) is 5.93. The Morgan fingerprint density at radius 2 is 1.88 bits per heavy atom. The van der Waals surface area contributed by atoms with Crippen LogP contribution in [0.15, 0.2) is 18.2 Å². The highest BCUT2D eigenvalue weighted by Gasteiger charge is 2.40. The summed E-state index contributed by atoms with van der Waals surface area (Å²) in [6, 6.07) is 4.93. The standard InChI is InChI=1S/C20H25FO4/c21-17-3-1-2-16-12-15(18(22)13-23-19(16)17)5-4-14-6-8-20(9-7-14)24-10-11-25-20/h1-3,14-15H,4-13H2. The van der Waals surface area contributed by atoms with Gasteiger partial charge in [0.25, 0.3) is 0 Å². The maximum absolute atomic E-state index is 13.9. The number of hydrogen-bond acceptors (Lipinski definition) is 4. The van der Waals surface area contributed by atoms with Crippen LogP contribution in [0, 0.1) is 17.7 Å². The summed E-state index contributed by atoms with van der Waals surface area (Å²) in [6.07, 6.45) is 6.52. The van der Waals surface area contributed by atoms with E-state index in [9.17, 15) is 9.18 Å². The fourth-order valence-electron chi connectivity index (χ4n) is 4.41. The lowest BCUT2D eigenvalue weighted by Crippen LogP contribution is -2.35. The van der Waals surface area contributed by atoms with Crippen LogP contribution in [-0.4, -0.2) is 31.4 Å². The highest BCUT2D eigenvalue weighted by Crippen LogP contribution is 2.40. The third-order valence-corrected chi connectivity index (χ3v) is 5.93. The number of Topliss-reactive ketones (excluding diaryl/α,β-unsaturated/α-hetero) is 1. The largest absolute Gasteiger partial charge is 0.482 e. The molecule has 1 aromatic rings. The van der Waals surface area contributed by atoms with Gasteiger partial charge in [-0.15, -0.1) is 0 Å². The Balaban J connectivity index is 1.34. The molecule has 25 heavy (non-hydrogen) atoms. The van der Waals surface area contributed by atoms with Crippen LogP contribution in [0.3, 0.4) is 0 Å². The molecule has 4 nitrogen and oxygen atoms in total. The predicted molar refractivity (Wildman–Crippen MR) is 89.9 cm³/mol. The number of rotatable bonds is 3. The Labute approximate surface area is 147 Å². The second-order valence-electron chi connectivity index (χ2n) is 7.51. The number of fused-ring (bicyclic) bond motifs is 1. The number of benzene rings is 1. The van der Waals surface area contributed by atoms with E-state index in [1.165, 1.54) is 6.07 Å². The highest BCUT2D eigenvalue weighted by atomic mass is 19.1. The number of ether oxygens (including phenoxy) is 3. The van der Waals surface area contributed by atoms with Crippen molar-refractivity contribution >= 4 is 5.78 Å². The van der Waals surface area contributed by atoms with Gasteiger partial charge in [-0.3, -0.25) is 4.79 Å². The van der Waals surface area contributed by atoms with Gasteiger partial charge in [0.15, 0.2) is 23.1 Å². The molecular weight excluding hydrogens is 323 g/mol. The first kappa shape index (κ1) is 17.0. The van der Waals surface area contributed by atoms with E-state index in [1.807, 2.05) is 6.07 Å². The topological polar surface area (TPSA) is 44.8 Å². The molecule has 1 aromatic carbocycles. The van der Waals surface area contributed by atoms with Crippen molar-refractivity contribution in [2.24, 2.45) is 11.8 Å². The van der Waals surface area contributed by atoms with Crippen LogP contribution in [0.2, 0.25) is 0 Å². The molecule has 5 heteroatoms. The van der Waals surface area contributed by atoms with Crippen molar-refractivity contribution in [3.63, 3.8) is 0 Å². The van der Waals surface area contributed by atoms with Crippen molar-refractivity contribution in [1.29, 1.82) is 0 Å². The molecule has 2 heterocycles. The van der Waals surface area contributed by atoms with Gasteiger partial charge in [0.05, 0.1) is 13.2 Å². The van der Waals surface area contributed by atoms with Crippen LogP contribution in [0.5, 0.6) is 5.75 Å². The van der Waals surface area contributed by atoms with E-state index < -0.39 is 0 Å². The van der Waals surface area contributed by atoms with Crippen LogP contribution >= 0.6 is 0 Å². The monoisotopic (exact) mass is 348 g/mol. The van der Waals surface area contributed by atoms with Crippen LogP contribution < -0.4 is 4.74 Å². The molecule has 0 N–H and O–H groups in total. The van der Waals surface area contributed by atoms with E-state index in [4.69, 9.17) is 14.2 Å². The third kappa shape index (κ3) is 3.58. The molecule has 0 aromatic heterocycles. The number of para-hydroxylation sites is 1. The number of carbonyl (C=O) groups is 1. The van der Waals surface area contributed by atoms with Crippen LogP contribution in [0.25, 0.3) is 0 Å². The van der Waals surface area contributed by atoms with E-state index in [2.05, 4.69) is 0 Å². The van der Waals surface area contributed by atoms with E-state index in [0.717, 1.165) is 44.1 Å². The molecule has 3 aliphatic rings. The highest BCUT2D eigenvalue weighted by molar-refractivity contribution is 5.83. The van der Waals surface area contributed by atoms with E-state index >= 15 is 0 Å². The fourth-order valence-corrected chi connectivity index (χ4v) is 4.41. The van der Waals surface area contributed by atoms with E-state index in [0.29, 0.717) is 25.6 Å². The zero-order valence-electron chi connectivity index (χ0n) is 14.5. The summed E-state index contributed by atoms with van der Waals surface area (Å²) in [7, 11) is 0. The van der Waals surface area contributed by atoms with Gasteiger partial charge in [-0.1, -0.05) is 12.1 Å². The number of carbonyl (C=O) groups excluding carboxylic acids is 1. The van der Waals surface area contributed by atoms with E-state index in [1.54, 1.807) is 6.07 Å². The maximum Gasteiger partial charge on any atom is 0.173 e. The molecule has 0 amide bonds. The van der Waals surface area contributed by atoms with Gasteiger partial charge in [0.1, 0.15) is 6.61 Å². The summed E-state index contributed by atoms with van der Waals surface area (Å²) in [5, 5.41) is 0. The van der Waals surface area contributed by atoms with Crippen molar-refractivity contribution in [2.75, 3.05) is 19.8 Å². The molecule has 0 radical (unpaired) electrons. The maximum atomic E-state index is 13.9. The summed E-state index contributed by atoms with van der Waals surface area (Å²) in [5.74, 6) is 0.193. The lowest BCUT2D eigenvalue weighted by molar-refractivity contribution is -0.182. The molecule has 1 unspecified atom stereocenters. The zero-order valence-corrected chi connectivity index (χ0v) is 14.5. The molecule has 1 spiro atoms. The lowest BCUT2D eigenvalue weighted by atomic mass is 9.80. The van der Waals surface area contributed by atoms with Crippen LogP contribution in [0.4, 0.5) is 4.39 Å². The van der Waals surface area contributed by atoms with Crippen molar-refractivity contribution in [3.05, 3.63) is 29.6 Å². The van der Waals surface area contributed by atoms with Crippen LogP contribution in [-0.2, 0) is 20.7 Å². The van der Waals surface area contributed by atoms with Crippen molar-refractivity contribution in [2.45, 2.75) is 50.7 Å². The summed E-state index contributed by atoms with van der Waals surface area (Å²) >= 11 is 0. The first-order chi connectivity index (χ1) is 12.2. The Morgan fingerprint density at radius 3 is 2.64 bits per heavy atom. The lowest BCUT2D eigenvalue weighted by Gasteiger charge is -2.35. The Morgan fingerprint density at radius 1 is 1.12 bits per heavy atom. The Kier molecular flexibility index (Phi) is 4.78.